The third-order valence-corrected chi connectivity index (χ3v) is 3.28. The zero-order valence-electron chi connectivity index (χ0n) is 11.1. The number of aliphatic hydroxyl groups is 1. The predicted molar refractivity (Wildman–Crippen MR) is 68.7 cm³/mol. The van der Waals surface area contributed by atoms with Crippen LogP contribution in [0, 0.1) is 0 Å². The summed E-state index contributed by atoms with van der Waals surface area (Å²) in [4.78, 5) is 2.45. The summed E-state index contributed by atoms with van der Waals surface area (Å²) in [5, 5.41) is 12.6. The molecule has 0 saturated heterocycles. The van der Waals surface area contributed by atoms with Crippen LogP contribution in [0.25, 0.3) is 0 Å². The molecule has 0 aromatic rings. The maximum absolute atomic E-state index is 9.09. The molecule has 96 valence electrons. The Hall–Kier alpha value is -0.120. The van der Waals surface area contributed by atoms with Gasteiger partial charge in [0.2, 0.25) is 0 Å². The Kier molecular flexibility index (Phi) is 5.73. The lowest BCUT2D eigenvalue weighted by Crippen LogP contribution is -2.44. The zero-order chi connectivity index (χ0) is 12.0. The van der Waals surface area contributed by atoms with Crippen molar-refractivity contribution < 1.29 is 5.11 Å². The fourth-order valence-electron chi connectivity index (χ4n) is 2.45. The Bertz CT molecular complexity index is 183. The molecule has 1 aliphatic rings. The topological polar surface area (TPSA) is 35.5 Å². The van der Waals surface area contributed by atoms with Crippen LogP contribution < -0.4 is 5.32 Å². The molecule has 0 aliphatic heterocycles. The summed E-state index contributed by atoms with van der Waals surface area (Å²) >= 11 is 0. The molecule has 0 unspecified atom stereocenters. The fourth-order valence-corrected chi connectivity index (χ4v) is 2.45. The highest BCUT2D eigenvalue weighted by Gasteiger charge is 2.22. The van der Waals surface area contributed by atoms with E-state index >= 15 is 0 Å². The Morgan fingerprint density at radius 3 is 2.31 bits per heavy atom. The van der Waals surface area contributed by atoms with Gasteiger partial charge >= 0.3 is 0 Å². The minimum atomic E-state index is 0.195. The summed E-state index contributed by atoms with van der Waals surface area (Å²) in [5.41, 5.74) is 0.195. The van der Waals surface area contributed by atoms with Crippen LogP contribution in [0.3, 0.4) is 0 Å². The Balaban J connectivity index is 2.27. The van der Waals surface area contributed by atoms with Gasteiger partial charge in [-0.15, -0.1) is 0 Å². The second-order valence-corrected chi connectivity index (χ2v) is 5.87. The van der Waals surface area contributed by atoms with E-state index in [1.807, 2.05) is 0 Å². The van der Waals surface area contributed by atoms with Crippen molar-refractivity contribution in [3.05, 3.63) is 0 Å². The first-order valence-corrected chi connectivity index (χ1v) is 6.63. The Morgan fingerprint density at radius 2 is 1.81 bits per heavy atom. The van der Waals surface area contributed by atoms with E-state index in [-0.39, 0.29) is 12.1 Å². The number of rotatable bonds is 6. The molecule has 3 nitrogen and oxygen atoms in total. The van der Waals surface area contributed by atoms with Gasteiger partial charge in [-0.2, -0.15) is 0 Å². The van der Waals surface area contributed by atoms with Crippen molar-refractivity contribution in [2.24, 2.45) is 0 Å². The summed E-state index contributed by atoms with van der Waals surface area (Å²) < 4.78 is 0. The van der Waals surface area contributed by atoms with E-state index in [2.05, 4.69) is 31.0 Å². The monoisotopic (exact) mass is 228 g/mol. The summed E-state index contributed by atoms with van der Waals surface area (Å²) in [6, 6.07) is 0.717. The van der Waals surface area contributed by atoms with Gasteiger partial charge in [0.1, 0.15) is 0 Å². The van der Waals surface area contributed by atoms with Crippen LogP contribution in [0.1, 0.15) is 46.5 Å². The van der Waals surface area contributed by atoms with Gasteiger partial charge in [-0.25, -0.2) is 0 Å². The lowest BCUT2D eigenvalue weighted by atomic mass is 10.1. The van der Waals surface area contributed by atoms with Gasteiger partial charge in [-0.05, 0) is 33.6 Å². The van der Waals surface area contributed by atoms with Gasteiger partial charge in [0.05, 0.1) is 6.61 Å². The van der Waals surface area contributed by atoms with E-state index in [1.54, 1.807) is 0 Å². The first-order chi connectivity index (χ1) is 7.53. The van der Waals surface area contributed by atoms with Crippen molar-refractivity contribution in [2.75, 3.05) is 26.2 Å². The van der Waals surface area contributed by atoms with Crippen molar-refractivity contribution in [3.63, 3.8) is 0 Å². The van der Waals surface area contributed by atoms with Crippen LogP contribution in [0.2, 0.25) is 0 Å². The lowest BCUT2D eigenvalue weighted by Gasteiger charge is -2.30. The third kappa shape index (κ3) is 5.28. The molecule has 0 aromatic heterocycles. The van der Waals surface area contributed by atoms with E-state index in [0.29, 0.717) is 6.04 Å². The van der Waals surface area contributed by atoms with Crippen LogP contribution >= 0.6 is 0 Å². The molecule has 1 aliphatic carbocycles. The molecule has 0 atom stereocenters. The molecular formula is C13H28N2O. The number of nitrogens with zero attached hydrogens (tertiary/aromatic N) is 1. The summed E-state index contributed by atoms with van der Waals surface area (Å²) in [6.45, 7) is 9.77. The highest BCUT2D eigenvalue weighted by molar-refractivity contribution is 4.79. The molecule has 0 heterocycles. The van der Waals surface area contributed by atoms with Gasteiger partial charge < -0.3 is 10.4 Å². The lowest BCUT2D eigenvalue weighted by molar-refractivity contribution is 0.149. The van der Waals surface area contributed by atoms with E-state index in [1.165, 1.54) is 25.7 Å². The normalized spacial score (nSPS) is 18.6. The van der Waals surface area contributed by atoms with Crippen molar-refractivity contribution in [1.82, 2.24) is 10.2 Å². The smallest absolute Gasteiger partial charge is 0.0558 e. The number of hydrogen-bond donors (Lipinski definition) is 2. The van der Waals surface area contributed by atoms with E-state index in [4.69, 9.17) is 5.11 Å². The molecule has 1 saturated carbocycles. The van der Waals surface area contributed by atoms with Gasteiger partial charge in [-0.1, -0.05) is 12.8 Å². The summed E-state index contributed by atoms with van der Waals surface area (Å²) in [6.07, 6.45) is 5.35. The number of aliphatic hydroxyl groups excluding tert-OH is 1. The molecule has 0 aromatic carbocycles. The van der Waals surface area contributed by atoms with E-state index < -0.39 is 0 Å². The first-order valence-electron chi connectivity index (χ1n) is 6.63. The fraction of sp³-hybridized carbons (Fsp3) is 1.00. The molecule has 0 spiro atoms. The van der Waals surface area contributed by atoms with Crippen molar-refractivity contribution in [1.29, 1.82) is 0 Å². The second-order valence-electron chi connectivity index (χ2n) is 5.87. The molecule has 1 fully saturated rings. The van der Waals surface area contributed by atoms with Crippen LogP contribution in [0.5, 0.6) is 0 Å². The van der Waals surface area contributed by atoms with Gasteiger partial charge in [-0.3, -0.25) is 4.90 Å². The molecule has 2 N–H and O–H groups in total. The van der Waals surface area contributed by atoms with Gasteiger partial charge in [0.15, 0.2) is 0 Å². The summed E-state index contributed by atoms with van der Waals surface area (Å²) in [5.74, 6) is 0. The average Bonchev–Trinajstić information content (AvgIpc) is 2.67. The van der Waals surface area contributed by atoms with Crippen LogP contribution in [-0.4, -0.2) is 47.8 Å². The first kappa shape index (κ1) is 13.9. The van der Waals surface area contributed by atoms with Crippen LogP contribution in [0.4, 0.5) is 0 Å². The van der Waals surface area contributed by atoms with Crippen LogP contribution in [-0.2, 0) is 0 Å². The average molecular weight is 228 g/mol. The maximum Gasteiger partial charge on any atom is 0.0558 e. The summed E-state index contributed by atoms with van der Waals surface area (Å²) in [7, 11) is 0. The highest BCUT2D eigenvalue weighted by atomic mass is 16.3. The minimum absolute atomic E-state index is 0.195. The molecule has 16 heavy (non-hydrogen) atoms. The van der Waals surface area contributed by atoms with E-state index in [9.17, 15) is 0 Å². The van der Waals surface area contributed by atoms with Gasteiger partial charge in [0, 0.05) is 31.2 Å². The predicted octanol–water partition coefficient (Wildman–Crippen LogP) is 1.61. The Morgan fingerprint density at radius 1 is 1.19 bits per heavy atom. The molecule has 1 rings (SSSR count). The van der Waals surface area contributed by atoms with E-state index in [0.717, 1.165) is 19.6 Å². The SMILES string of the molecule is CC(C)(C)NCCN(CCO)C1CCCC1. The standard InChI is InChI=1S/C13H28N2O/c1-13(2,3)14-8-9-15(10-11-16)12-6-4-5-7-12/h12,14,16H,4-11H2,1-3H3. The van der Waals surface area contributed by atoms with Gasteiger partial charge in [0.25, 0.3) is 0 Å². The maximum atomic E-state index is 9.09. The van der Waals surface area contributed by atoms with Crippen molar-refractivity contribution in [2.45, 2.75) is 58.0 Å². The molecular weight excluding hydrogens is 200 g/mol. The molecule has 0 radical (unpaired) electrons. The number of nitrogens with one attached hydrogen (secondary N) is 1. The zero-order valence-corrected chi connectivity index (χ0v) is 11.1. The second kappa shape index (κ2) is 6.58. The molecule has 0 bridgehead atoms. The quantitative estimate of drug-likeness (QED) is 0.725. The van der Waals surface area contributed by atoms with Crippen LogP contribution in [0.15, 0.2) is 0 Å². The minimum Gasteiger partial charge on any atom is -0.395 e. The third-order valence-electron chi connectivity index (χ3n) is 3.28. The molecule has 3 heteroatoms. The highest BCUT2D eigenvalue weighted by Crippen LogP contribution is 2.22. The Labute approximate surface area is 100 Å². The van der Waals surface area contributed by atoms with Crippen molar-refractivity contribution >= 4 is 0 Å². The van der Waals surface area contributed by atoms with Crippen molar-refractivity contribution in [3.8, 4) is 0 Å². The largest absolute Gasteiger partial charge is 0.395 e. The number of hydrogen-bond acceptors (Lipinski definition) is 3. The molecule has 0 amide bonds.